The molecule has 0 saturated carbocycles. The van der Waals surface area contributed by atoms with Gasteiger partial charge < -0.3 is 20.3 Å². The first kappa shape index (κ1) is 22.6. The first-order valence-corrected chi connectivity index (χ1v) is 12.1. The summed E-state index contributed by atoms with van der Waals surface area (Å²) in [4.78, 5) is 11.3. The van der Waals surface area contributed by atoms with E-state index in [0.29, 0.717) is 6.04 Å². The number of piperidine rings is 1. The van der Waals surface area contributed by atoms with E-state index >= 15 is 0 Å². The van der Waals surface area contributed by atoms with E-state index in [1.807, 2.05) is 13.2 Å². The second-order valence-corrected chi connectivity index (χ2v) is 8.90. The van der Waals surface area contributed by atoms with Crippen molar-refractivity contribution in [3.8, 4) is 0 Å². The zero-order valence-corrected chi connectivity index (χ0v) is 19.5. The van der Waals surface area contributed by atoms with E-state index in [9.17, 15) is 0 Å². The van der Waals surface area contributed by atoms with Crippen molar-refractivity contribution >= 4 is 11.8 Å². The molecule has 0 radical (unpaired) electrons. The minimum absolute atomic E-state index is 0.255. The number of aromatic nitrogens is 1. The summed E-state index contributed by atoms with van der Waals surface area (Å²) >= 11 is 0. The highest BCUT2D eigenvalue weighted by Crippen LogP contribution is 2.32. The molecule has 1 atom stereocenters. The molecule has 1 aliphatic carbocycles. The number of aliphatic imine (C=N–C) groups is 1. The van der Waals surface area contributed by atoms with Crippen molar-refractivity contribution in [2.24, 2.45) is 4.99 Å². The number of hydrogen-bond donors (Lipinski definition) is 2. The number of anilines is 1. The van der Waals surface area contributed by atoms with Crippen molar-refractivity contribution in [3.05, 3.63) is 59.3 Å². The third kappa shape index (κ3) is 6.00. The molecule has 1 saturated heterocycles. The van der Waals surface area contributed by atoms with Gasteiger partial charge in [-0.15, -0.1) is 0 Å². The Morgan fingerprint density at radius 2 is 2.00 bits per heavy atom. The summed E-state index contributed by atoms with van der Waals surface area (Å²) in [5.41, 5.74) is 4.04. The second kappa shape index (κ2) is 11.3. The summed E-state index contributed by atoms with van der Waals surface area (Å²) in [5.74, 6) is 1.97. The lowest BCUT2D eigenvalue weighted by molar-refractivity contribution is 0.0398. The normalized spacial score (nSPS) is 19.5. The summed E-state index contributed by atoms with van der Waals surface area (Å²) in [6.45, 7) is 5.74. The number of ether oxygens (including phenoxy) is 1. The number of hydrogen-bond acceptors (Lipinski definition) is 4. The number of nitrogens with one attached hydrogen (secondary N) is 2. The molecule has 6 heteroatoms. The zero-order chi connectivity index (χ0) is 22.2. The Labute approximate surface area is 192 Å². The van der Waals surface area contributed by atoms with Crippen LogP contribution in [0.25, 0.3) is 0 Å². The van der Waals surface area contributed by atoms with Gasteiger partial charge in [-0.3, -0.25) is 4.99 Å². The molecule has 2 N–H and O–H groups in total. The smallest absolute Gasteiger partial charge is 0.191 e. The average molecular weight is 436 g/mol. The van der Waals surface area contributed by atoms with Crippen LogP contribution in [0.3, 0.4) is 0 Å². The van der Waals surface area contributed by atoms with E-state index in [2.05, 4.69) is 68.8 Å². The van der Waals surface area contributed by atoms with Crippen LogP contribution in [0.5, 0.6) is 0 Å². The highest BCUT2D eigenvalue weighted by molar-refractivity contribution is 5.79. The van der Waals surface area contributed by atoms with Gasteiger partial charge in [0.05, 0.1) is 6.10 Å². The van der Waals surface area contributed by atoms with Gasteiger partial charge >= 0.3 is 0 Å². The van der Waals surface area contributed by atoms with Crippen molar-refractivity contribution in [1.29, 1.82) is 0 Å². The van der Waals surface area contributed by atoms with Gasteiger partial charge in [0.25, 0.3) is 0 Å². The Bertz CT molecular complexity index is 874. The minimum Gasteiger partial charge on any atom is -0.373 e. The molecule has 1 unspecified atom stereocenters. The van der Waals surface area contributed by atoms with Crippen LogP contribution < -0.4 is 15.5 Å². The number of rotatable bonds is 7. The van der Waals surface area contributed by atoms with Crippen LogP contribution in [0.1, 0.15) is 54.9 Å². The van der Waals surface area contributed by atoms with E-state index in [4.69, 9.17) is 4.74 Å². The van der Waals surface area contributed by atoms with Gasteiger partial charge in [0.1, 0.15) is 5.82 Å². The topological polar surface area (TPSA) is 61.8 Å². The lowest BCUT2D eigenvalue weighted by Crippen LogP contribution is -2.49. The maximum atomic E-state index is 6.22. The highest BCUT2D eigenvalue weighted by Gasteiger charge is 2.21. The Kier molecular flexibility index (Phi) is 7.99. The van der Waals surface area contributed by atoms with E-state index in [1.54, 1.807) is 0 Å². The Balaban J connectivity index is 1.14. The SMILES string of the molecule is CN=C(NCCCOC1CCCc2ccccc21)NC1CCN(c2ccc(C)cn2)CC1. The van der Waals surface area contributed by atoms with Gasteiger partial charge in [-0.2, -0.15) is 0 Å². The van der Waals surface area contributed by atoms with Crippen LogP contribution in [0, 0.1) is 6.92 Å². The van der Waals surface area contributed by atoms with Gasteiger partial charge in [0.2, 0.25) is 0 Å². The van der Waals surface area contributed by atoms with E-state index in [0.717, 1.165) is 63.7 Å². The highest BCUT2D eigenvalue weighted by atomic mass is 16.5. The first-order chi connectivity index (χ1) is 15.7. The molecule has 172 valence electrons. The van der Waals surface area contributed by atoms with Gasteiger partial charge in [-0.1, -0.05) is 30.3 Å². The Morgan fingerprint density at radius 1 is 1.16 bits per heavy atom. The second-order valence-electron chi connectivity index (χ2n) is 8.90. The molecular formula is C26H37N5O. The number of aryl methyl sites for hydroxylation is 2. The standard InChI is InChI=1S/C26H37N5O/c1-20-11-12-25(29-19-20)31-16-13-22(14-17-31)30-26(27-2)28-15-6-18-32-24-10-5-8-21-7-3-4-9-23(21)24/h3-4,7,9,11-12,19,22,24H,5-6,8,10,13-18H2,1-2H3,(H2,27,28,30). The zero-order valence-electron chi connectivity index (χ0n) is 19.5. The summed E-state index contributed by atoms with van der Waals surface area (Å²) in [7, 11) is 1.84. The van der Waals surface area contributed by atoms with Gasteiger partial charge in [-0.05, 0) is 68.2 Å². The van der Waals surface area contributed by atoms with Crippen molar-refractivity contribution in [2.45, 2.75) is 57.6 Å². The molecule has 1 aliphatic heterocycles. The Morgan fingerprint density at radius 3 is 2.78 bits per heavy atom. The fourth-order valence-corrected chi connectivity index (χ4v) is 4.68. The van der Waals surface area contributed by atoms with Gasteiger partial charge in [-0.25, -0.2) is 4.98 Å². The lowest BCUT2D eigenvalue weighted by Gasteiger charge is -2.33. The van der Waals surface area contributed by atoms with Crippen molar-refractivity contribution in [3.63, 3.8) is 0 Å². The number of fused-ring (bicyclic) bond motifs is 1. The minimum atomic E-state index is 0.255. The van der Waals surface area contributed by atoms with E-state index in [-0.39, 0.29) is 6.10 Å². The largest absolute Gasteiger partial charge is 0.373 e. The molecular weight excluding hydrogens is 398 g/mol. The fraction of sp³-hybridized carbons (Fsp3) is 0.538. The molecule has 2 aromatic rings. The van der Waals surface area contributed by atoms with Crippen molar-refractivity contribution < 1.29 is 4.74 Å². The van der Waals surface area contributed by atoms with Crippen LogP contribution in [-0.2, 0) is 11.2 Å². The molecule has 2 heterocycles. The van der Waals surface area contributed by atoms with Gasteiger partial charge in [0, 0.05) is 45.5 Å². The average Bonchev–Trinajstić information content (AvgIpc) is 2.84. The third-order valence-corrected chi connectivity index (χ3v) is 6.53. The number of benzene rings is 1. The summed E-state index contributed by atoms with van der Waals surface area (Å²) in [6, 6.07) is 13.4. The number of nitrogens with zero attached hydrogens (tertiary/aromatic N) is 3. The van der Waals surface area contributed by atoms with Crippen LogP contribution in [-0.4, -0.2) is 50.3 Å². The molecule has 0 spiro atoms. The fourth-order valence-electron chi connectivity index (χ4n) is 4.68. The molecule has 0 bridgehead atoms. The molecule has 6 nitrogen and oxygen atoms in total. The van der Waals surface area contributed by atoms with Crippen LogP contribution in [0.2, 0.25) is 0 Å². The lowest BCUT2D eigenvalue weighted by atomic mass is 9.89. The Hall–Kier alpha value is -2.60. The van der Waals surface area contributed by atoms with E-state index in [1.165, 1.54) is 29.5 Å². The molecule has 32 heavy (non-hydrogen) atoms. The summed E-state index contributed by atoms with van der Waals surface area (Å²) in [6.07, 6.45) is 8.87. The van der Waals surface area contributed by atoms with Crippen LogP contribution in [0.15, 0.2) is 47.6 Å². The molecule has 1 aromatic carbocycles. The predicted octanol–water partition coefficient (Wildman–Crippen LogP) is 4.01. The molecule has 1 fully saturated rings. The molecule has 0 amide bonds. The maximum Gasteiger partial charge on any atom is 0.191 e. The van der Waals surface area contributed by atoms with Crippen molar-refractivity contribution in [1.82, 2.24) is 15.6 Å². The quantitative estimate of drug-likeness (QED) is 0.391. The molecule has 2 aliphatic rings. The number of pyridine rings is 1. The first-order valence-electron chi connectivity index (χ1n) is 12.1. The summed E-state index contributed by atoms with van der Waals surface area (Å²) < 4.78 is 6.22. The van der Waals surface area contributed by atoms with E-state index < -0.39 is 0 Å². The van der Waals surface area contributed by atoms with Gasteiger partial charge in [0.15, 0.2) is 5.96 Å². The van der Waals surface area contributed by atoms with Crippen LogP contribution in [0.4, 0.5) is 5.82 Å². The molecule has 1 aromatic heterocycles. The maximum absolute atomic E-state index is 6.22. The molecule has 4 rings (SSSR count). The number of guanidine groups is 1. The summed E-state index contributed by atoms with van der Waals surface area (Å²) in [5, 5.41) is 7.05. The predicted molar refractivity (Wildman–Crippen MR) is 131 cm³/mol. The monoisotopic (exact) mass is 435 g/mol. The van der Waals surface area contributed by atoms with Crippen molar-refractivity contribution in [2.75, 3.05) is 38.2 Å². The van der Waals surface area contributed by atoms with Crippen LogP contribution >= 0.6 is 0 Å². The third-order valence-electron chi connectivity index (χ3n) is 6.53.